The number of para-hydroxylation sites is 1. The van der Waals surface area contributed by atoms with Crippen molar-refractivity contribution < 1.29 is 0 Å². The number of nitrogens with zero attached hydrogens (tertiary/aromatic N) is 2. The van der Waals surface area contributed by atoms with Crippen LogP contribution in [0.2, 0.25) is 0 Å². The number of anilines is 1. The summed E-state index contributed by atoms with van der Waals surface area (Å²) in [6.45, 7) is 7.58. The van der Waals surface area contributed by atoms with Gasteiger partial charge in [0, 0.05) is 24.5 Å². The first-order valence-corrected chi connectivity index (χ1v) is 7.62. The number of aryl methyl sites for hydroxylation is 1. The Morgan fingerprint density at radius 2 is 2.20 bits per heavy atom. The maximum absolute atomic E-state index is 4.89. The molecule has 0 spiro atoms. The van der Waals surface area contributed by atoms with Crippen LogP contribution < -0.4 is 10.2 Å². The number of nitrogens with one attached hydrogen (secondary N) is 1. The van der Waals surface area contributed by atoms with Crippen molar-refractivity contribution in [3.8, 4) is 0 Å². The molecule has 1 aromatic heterocycles. The average Bonchev–Trinajstić information content (AvgIpc) is 2.47. The van der Waals surface area contributed by atoms with Gasteiger partial charge < -0.3 is 10.2 Å². The molecule has 2 aromatic rings. The van der Waals surface area contributed by atoms with Gasteiger partial charge in [-0.15, -0.1) is 0 Å². The van der Waals surface area contributed by atoms with Crippen molar-refractivity contribution >= 4 is 16.7 Å². The maximum atomic E-state index is 4.89. The van der Waals surface area contributed by atoms with Gasteiger partial charge in [0.25, 0.3) is 0 Å². The summed E-state index contributed by atoms with van der Waals surface area (Å²) >= 11 is 0. The molecule has 3 rings (SSSR count). The fourth-order valence-electron chi connectivity index (χ4n) is 3.16. The summed E-state index contributed by atoms with van der Waals surface area (Å²) in [4.78, 5) is 7.33. The first-order chi connectivity index (χ1) is 9.78. The molecule has 0 radical (unpaired) electrons. The van der Waals surface area contributed by atoms with E-state index in [0.717, 1.165) is 31.0 Å². The van der Waals surface area contributed by atoms with Crippen LogP contribution in [0, 0.1) is 6.92 Å². The Balaban J connectivity index is 1.90. The molecule has 20 heavy (non-hydrogen) atoms. The van der Waals surface area contributed by atoms with Gasteiger partial charge >= 0.3 is 0 Å². The average molecular weight is 269 g/mol. The van der Waals surface area contributed by atoms with Gasteiger partial charge in [0.2, 0.25) is 0 Å². The minimum atomic E-state index is 0.599. The summed E-state index contributed by atoms with van der Waals surface area (Å²) < 4.78 is 0. The Labute approximate surface area is 121 Å². The number of aromatic nitrogens is 1. The fraction of sp³-hybridized carbons (Fsp3) is 0.471. The van der Waals surface area contributed by atoms with Crippen LogP contribution in [0.1, 0.15) is 25.3 Å². The van der Waals surface area contributed by atoms with Crippen LogP contribution in [-0.2, 0) is 0 Å². The van der Waals surface area contributed by atoms with E-state index >= 15 is 0 Å². The van der Waals surface area contributed by atoms with Gasteiger partial charge in [0.1, 0.15) is 5.82 Å². The van der Waals surface area contributed by atoms with Gasteiger partial charge in [0.05, 0.1) is 5.52 Å². The molecule has 1 aliphatic heterocycles. The molecule has 0 aliphatic carbocycles. The Bertz CT molecular complexity index is 592. The highest BCUT2D eigenvalue weighted by Gasteiger charge is 2.21. The van der Waals surface area contributed by atoms with E-state index in [-0.39, 0.29) is 0 Å². The first kappa shape index (κ1) is 13.4. The SMILES string of the molecule is CCNC1CCCN(c2nc3ccccc3cc2C)C1. The number of piperidine rings is 1. The molecular formula is C17H23N3. The molecule has 1 saturated heterocycles. The van der Waals surface area contributed by atoms with Gasteiger partial charge in [0.15, 0.2) is 0 Å². The molecule has 106 valence electrons. The van der Waals surface area contributed by atoms with E-state index in [4.69, 9.17) is 4.98 Å². The molecule has 1 unspecified atom stereocenters. The van der Waals surface area contributed by atoms with Crippen molar-refractivity contribution in [3.05, 3.63) is 35.9 Å². The van der Waals surface area contributed by atoms with Crippen molar-refractivity contribution in [2.75, 3.05) is 24.5 Å². The van der Waals surface area contributed by atoms with Crippen LogP contribution in [-0.4, -0.2) is 30.7 Å². The van der Waals surface area contributed by atoms with Crippen LogP contribution in [0.5, 0.6) is 0 Å². The summed E-state index contributed by atoms with van der Waals surface area (Å²) in [6.07, 6.45) is 2.52. The quantitative estimate of drug-likeness (QED) is 0.928. The minimum Gasteiger partial charge on any atom is -0.355 e. The summed E-state index contributed by atoms with van der Waals surface area (Å²) in [5.74, 6) is 1.16. The Morgan fingerprint density at radius 3 is 3.05 bits per heavy atom. The lowest BCUT2D eigenvalue weighted by Gasteiger charge is -2.34. The zero-order valence-electron chi connectivity index (χ0n) is 12.4. The number of hydrogen-bond acceptors (Lipinski definition) is 3. The van der Waals surface area contributed by atoms with E-state index in [9.17, 15) is 0 Å². The third kappa shape index (κ3) is 2.63. The predicted molar refractivity (Wildman–Crippen MR) is 85.4 cm³/mol. The number of hydrogen-bond donors (Lipinski definition) is 1. The smallest absolute Gasteiger partial charge is 0.132 e. The summed E-state index contributed by atoms with van der Waals surface area (Å²) in [7, 11) is 0. The molecule has 1 aliphatic rings. The Kier molecular flexibility index (Phi) is 3.88. The molecule has 3 heteroatoms. The molecule has 1 fully saturated rings. The summed E-state index contributed by atoms with van der Waals surface area (Å²) in [6, 6.07) is 11.2. The van der Waals surface area contributed by atoms with Gasteiger partial charge in [-0.1, -0.05) is 25.1 Å². The number of likely N-dealkylation sites (N-methyl/N-ethyl adjacent to an activating group) is 1. The Hall–Kier alpha value is -1.61. The van der Waals surface area contributed by atoms with Gasteiger partial charge in [-0.2, -0.15) is 0 Å². The van der Waals surface area contributed by atoms with Crippen LogP contribution >= 0.6 is 0 Å². The maximum Gasteiger partial charge on any atom is 0.132 e. The van der Waals surface area contributed by atoms with Crippen molar-refractivity contribution in [3.63, 3.8) is 0 Å². The van der Waals surface area contributed by atoms with Crippen molar-refractivity contribution in [1.29, 1.82) is 0 Å². The molecule has 2 heterocycles. The van der Waals surface area contributed by atoms with Crippen LogP contribution in [0.4, 0.5) is 5.82 Å². The van der Waals surface area contributed by atoms with E-state index in [0.29, 0.717) is 6.04 Å². The minimum absolute atomic E-state index is 0.599. The van der Waals surface area contributed by atoms with E-state index < -0.39 is 0 Å². The lowest BCUT2D eigenvalue weighted by molar-refractivity contribution is 0.429. The van der Waals surface area contributed by atoms with Crippen molar-refractivity contribution in [2.24, 2.45) is 0 Å². The van der Waals surface area contributed by atoms with Crippen molar-refractivity contribution in [2.45, 2.75) is 32.7 Å². The molecular weight excluding hydrogens is 246 g/mol. The van der Waals surface area contributed by atoms with Gasteiger partial charge in [-0.3, -0.25) is 0 Å². The fourth-order valence-corrected chi connectivity index (χ4v) is 3.16. The second-order valence-electron chi connectivity index (χ2n) is 5.66. The highest BCUT2D eigenvalue weighted by Crippen LogP contribution is 2.25. The summed E-state index contributed by atoms with van der Waals surface area (Å²) in [5, 5.41) is 4.80. The van der Waals surface area contributed by atoms with Crippen LogP contribution in [0.15, 0.2) is 30.3 Å². The molecule has 3 nitrogen and oxygen atoms in total. The third-order valence-corrected chi connectivity index (χ3v) is 4.10. The van der Waals surface area contributed by atoms with E-state index in [1.807, 2.05) is 0 Å². The first-order valence-electron chi connectivity index (χ1n) is 7.62. The Morgan fingerprint density at radius 1 is 1.35 bits per heavy atom. The van der Waals surface area contributed by atoms with E-state index in [1.165, 1.54) is 23.8 Å². The number of rotatable bonds is 3. The van der Waals surface area contributed by atoms with Gasteiger partial charge in [-0.25, -0.2) is 4.98 Å². The van der Waals surface area contributed by atoms with Gasteiger partial charge in [-0.05, 0) is 44.0 Å². The highest BCUT2D eigenvalue weighted by molar-refractivity contribution is 5.81. The normalized spacial score (nSPS) is 19.5. The van der Waals surface area contributed by atoms with E-state index in [1.54, 1.807) is 0 Å². The predicted octanol–water partition coefficient (Wildman–Crippen LogP) is 3.12. The van der Waals surface area contributed by atoms with Crippen LogP contribution in [0.3, 0.4) is 0 Å². The molecule has 1 aromatic carbocycles. The molecule has 0 bridgehead atoms. The second-order valence-corrected chi connectivity index (χ2v) is 5.66. The van der Waals surface area contributed by atoms with Crippen LogP contribution in [0.25, 0.3) is 10.9 Å². The third-order valence-electron chi connectivity index (χ3n) is 4.10. The molecule has 0 amide bonds. The second kappa shape index (κ2) is 5.80. The zero-order valence-corrected chi connectivity index (χ0v) is 12.4. The lowest BCUT2D eigenvalue weighted by Crippen LogP contribution is -2.46. The lowest BCUT2D eigenvalue weighted by atomic mass is 10.0. The standard InChI is InChI=1S/C17H23N3/c1-3-18-15-8-6-10-20(12-15)17-13(2)11-14-7-4-5-9-16(14)19-17/h4-5,7,9,11,15,18H,3,6,8,10,12H2,1-2H3. The van der Waals surface area contributed by atoms with E-state index in [2.05, 4.69) is 54.4 Å². The summed E-state index contributed by atoms with van der Waals surface area (Å²) in [5.41, 5.74) is 2.37. The number of benzene rings is 1. The molecule has 1 N–H and O–H groups in total. The monoisotopic (exact) mass is 269 g/mol. The zero-order chi connectivity index (χ0) is 13.9. The number of fused-ring (bicyclic) bond motifs is 1. The largest absolute Gasteiger partial charge is 0.355 e. The van der Waals surface area contributed by atoms with Crippen molar-refractivity contribution in [1.82, 2.24) is 10.3 Å². The molecule has 1 atom stereocenters. The topological polar surface area (TPSA) is 28.2 Å². The molecule has 0 saturated carbocycles. The number of pyridine rings is 1. The highest BCUT2D eigenvalue weighted by atomic mass is 15.2.